The van der Waals surface area contributed by atoms with Crippen LogP contribution in [-0.2, 0) is 0 Å². The molecular weight excluding hydrogens is 298 g/mol. The molecule has 1 aromatic rings. The van der Waals surface area contributed by atoms with Gasteiger partial charge in [-0.05, 0) is 41.6 Å². The lowest BCUT2D eigenvalue weighted by Crippen LogP contribution is -2.42. The third-order valence-electron chi connectivity index (χ3n) is 3.22. The number of hydrogen-bond acceptors (Lipinski definition) is 5. The molecule has 100 valence electrons. The maximum atomic E-state index is 8.98. The van der Waals surface area contributed by atoms with Crippen molar-refractivity contribution in [1.29, 1.82) is 0 Å². The Balaban J connectivity index is 2.17. The van der Waals surface area contributed by atoms with E-state index >= 15 is 0 Å². The lowest BCUT2D eigenvalue weighted by molar-refractivity contribution is 0.282. The molecule has 0 bridgehead atoms. The lowest BCUT2D eigenvalue weighted by Gasteiger charge is -2.37. The van der Waals surface area contributed by atoms with Crippen molar-refractivity contribution in [3.05, 3.63) is 10.7 Å². The standard InChI is InChI=1S/C12H18BrN3O2/c1-18-11-10(13)8-14-12(15-11)16(6-3-7-17)9-4-2-5-9/h8-9,17H,2-7H2,1H3. The molecule has 0 radical (unpaired) electrons. The number of rotatable bonds is 6. The second kappa shape index (κ2) is 6.33. The highest BCUT2D eigenvalue weighted by Crippen LogP contribution is 2.30. The first-order valence-corrected chi connectivity index (χ1v) is 6.99. The average molecular weight is 316 g/mol. The van der Waals surface area contributed by atoms with Crippen LogP contribution in [0.5, 0.6) is 5.88 Å². The Morgan fingerprint density at radius 2 is 2.33 bits per heavy atom. The number of hydrogen-bond donors (Lipinski definition) is 1. The van der Waals surface area contributed by atoms with Gasteiger partial charge >= 0.3 is 0 Å². The molecule has 1 aliphatic carbocycles. The Morgan fingerprint density at radius 3 is 2.89 bits per heavy atom. The summed E-state index contributed by atoms with van der Waals surface area (Å²) in [5, 5.41) is 8.98. The van der Waals surface area contributed by atoms with E-state index in [0.29, 0.717) is 17.9 Å². The first kappa shape index (κ1) is 13.5. The molecule has 0 atom stereocenters. The lowest BCUT2D eigenvalue weighted by atomic mass is 9.91. The van der Waals surface area contributed by atoms with Crippen LogP contribution >= 0.6 is 15.9 Å². The smallest absolute Gasteiger partial charge is 0.232 e. The van der Waals surface area contributed by atoms with Crippen LogP contribution in [-0.4, -0.2) is 41.4 Å². The van der Waals surface area contributed by atoms with Gasteiger partial charge in [0.05, 0.1) is 17.8 Å². The van der Waals surface area contributed by atoms with Gasteiger partial charge in [0.1, 0.15) is 0 Å². The molecule has 1 aromatic heterocycles. The number of anilines is 1. The fourth-order valence-corrected chi connectivity index (χ4v) is 2.36. The molecule has 0 saturated heterocycles. The molecule has 0 aromatic carbocycles. The molecule has 1 fully saturated rings. The zero-order valence-corrected chi connectivity index (χ0v) is 12.1. The highest BCUT2D eigenvalue weighted by atomic mass is 79.9. The highest BCUT2D eigenvalue weighted by Gasteiger charge is 2.27. The van der Waals surface area contributed by atoms with Crippen LogP contribution < -0.4 is 9.64 Å². The minimum atomic E-state index is 0.191. The quantitative estimate of drug-likeness (QED) is 0.870. The largest absolute Gasteiger partial charge is 0.480 e. The van der Waals surface area contributed by atoms with Crippen molar-refractivity contribution >= 4 is 21.9 Å². The van der Waals surface area contributed by atoms with E-state index in [2.05, 4.69) is 30.8 Å². The minimum Gasteiger partial charge on any atom is -0.480 e. The molecule has 0 unspecified atom stereocenters. The van der Waals surface area contributed by atoms with Gasteiger partial charge in [-0.2, -0.15) is 4.98 Å². The Kier molecular flexibility index (Phi) is 4.77. The minimum absolute atomic E-state index is 0.191. The molecule has 5 nitrogen and oxygen atoms in total. The van der Waals surface area contributed by atoms with Gasteiger partial charge < -0.3 is 14.7 Å². The van der Waals surface area contributed by atoms with E-state index in [9.17, 15) is 0 Å². The van der Waals surface area contributed by atoms with Crippen molar-refractivity contribution in [3.8, 4) is 5.88 Å². The van der Waals surface area contributed by atoms with Gasteiger partial charge in [0, 0.05) is 19.2 Å². The summed E-state index contributed by atoms with van der Waals surface area (Å²) in [6.45, 7) is 0.975. The molecule has 18 heavy (non-hydrogen) atoms. The summed E-state index contributed by atoms with van der Waals surface area (Å²) in [7, 11) is 1.60. The first-order chi connectivity index (χ1) is 8.76. The van der Waals surface area contributed by atoms with Crippen LogP contribution in [0.15, 0.2) is 10.7 Å². The Labute approximate surface area is 115 Å². The van der Waals surface area contributed by atoms with Crippen molar-refractivity contribution in [2.75, 3.05) is 25.2 Å². The molecule has 6 heteroatoms. The fraction of sp³-hybridized carbons (Fsp3) is 0.667. The fourth-order valence-electron chi connectivity index (χ4n) is 2.01. The number of aromatic nitrogens is 2. The molecule has 0 aliphatic heterocycles. The Hall–Kier alpha value is -0.880. The molecule has 0 amide bonds. The summed E-state index contributed by atoms with van der Waals surface area (Å²) in [4.78, 5) is 10.9. The zero-order chi connectivity index (χ0) is 13.0. The molecule has 1 heterocycles. The zero-order valence-electron chi connectivity index (χ0n) is 10.5. The Bertz CT molecular complexity index is 399. The van der Waals surface area contributed by atoms with E-state index in [1.54, 1.807) is 13.3 Å². The average Bonchev–Trinajstić information content (AvgIpc) is 2.33. The van der Waals surface area contributed by atoms with Crippen LogP contribution in [0, 0.1) is 0 Å². The van der Waals surface area contributed by atoms with E-state index in [-0.39, 0.29) is 6.61 Å². The second-order valence-corrected chi connectivity index (χ2v) is 5.24. The first-order valence-electron chi connectivity index (χ1n) is 6.20. The summed E-state index contributed by atoms with van der Waals surface area (Å²) < 4.78 is 5.95. The van der Waals surface area contributed by atoms with Gasteiger partial charge in [-0.25, -0.2) is 4.98 Å². The number of nitrogens with zero attached hydrogens (tertiary/aromatic N) is 3. The predicted molar refractivity (Wildman–Crippen MR) is 73.0 cm³/mol. The van der Waals surface area contributed by atoms with E-state index < -0.39 is 0 Å². The molecule has 1 N–H and O–H groups in total. The number of halogens is 1. The number of ether oxygens (including phenoxy) is 1. The Morgan fingerprint density at radius 1 is 1.56 bits per heavy atom. The van der Waals surface area contributed by atoms with Crippen molar-refractivity contribution < 1.29 is 9.84 Å². The molecular formula is C12H18BrN3O2. The third kappa shape index (κ3) is 2.92. The van der Waals surface area contributed by atoms with Crippen molar-refractivity contribution in [2.45, 2.75) is 31.7 Å². The van der Waals surface area contributed by atoms with Gasteiger partial charge in [0.2, 0.25) is 11.8 Å². The van der Waals surface area contributed by atoms with E-state index in [1.807, 2.05) is 0 Å². The number of methoxy groups -OCH3 is 1. The second-order valence-electron chi connectivity index (χ2n) is 4.38. The van der Waals surface area contributed by atoms with Gasteiger partial charge in [-0.1, -0.05) is 0 Å². The van der Waals surface area contributed by atoms with E-state index in [0.717, 1.165) is 17.4 Å². The van der Waals surface area contributed by atoms with Gasteiger partial charge in [-0.15, -0.1) is 0 Å². The summed E-state index contributed by atoms with van der Waals surface area (Å²) in [5.74, 6) is 1.24. The van der Waals surface area contributed by atoms with E-state index in [1.165, 1.54) is 19.3 Å². The predicted octanol–water partition coefficient (Wildman–Crippen LogP) is 1.99. The maximum Gasteiger partial charge on any atom is 0.232 e. The van der Waals surface area contributed by atoms with Crippen LogP contribution in [0.3, 0.4) is 0 Å². The summed E-state index contributed by atoms with van der Waals surface area (Å²) in [6, 6.07) is 0.502. The normalized spacial score (nSPS) is 15.3. The van der Waals surface area contributed by atoms with Crippen LogP contribution in [0.25, 0.3) is 0 Å². The molecule has 1 saturated carbocycles. The van der Waals surface area contributed by atoms with Crippen LogP contribution in [0.1, 0.15) is 25.7 Å². The van der Waals surface area contributed by atoms with Gasteiger partial charge in [0.25, 0.3) is 0 Å². The van der Waals surface area contributed by atoms with Crippen LogP contribution in [0.2, 0.25) is 0 Å². The molecule has 2 rings (SSSR count). The van der Waals surface area contributed by atoms with Gasteiger partial charge in [-0.3, -0.25) is 0 Å². The monoisotopic (exact) mass is 315 g/mol. The van der Waals surface area contributed by atoms with E-state index in [4.69, 9.17) is 9.84 Å². The number of aliphatic hydroxyl groups is 1. The van der Waals surface area contributed by atoms with Crippen molar-refractivity contribution in [1.82, 2.24) is 9.97 Å². The highest BCUT2D eigenvalue weighted by molar-refractivity contribution is 9.10. The van der Waals surface area contributed by atoms with Crippen molar-refractivity contribution in [2.24, 2.45) is 0 Å². The molecule has 1 aliphatic rings. The summed E-state index contributed by atoms with van der Waals surface area (Å²) in [6.07, 6.45) is 6.05. The topological polar surface area (TPSA) is 58.5 Å². The SMILES string of the molecule is COc1nc(N(CCCO)C2CCC2)ncc1Br. The summed E-state index contributed by atoms with van der Waals surface area (Å²) in [5.41, 5.74) is 0. The maximum absolute atomic E-state index is 8.98. The molecule has 0 spiro atoms. The van der Waals surface area contributed by atoms with Crippen molar-refractivity contribution in [3.63, 3.8) is 0 Å². The third-order valence-corrected chi connectivity index (χ3v) is 3.77. The number of aliphatic hydroxyl groups excluding tert-OH is 1. The van der Waals surface area contributed by atoms with Crippen LogP contribution in [0.4, 0.5) is 5.95 Å². The summed E-state index contributed by atoms with van der Waals surface area (Å²) >= 11 is 3.35. The van der Waals surface area contributed by atoms with Gasteiger partial charge in [0.15, 0.2) is 0 Å².